The number of fused-ring (bicyclic) bond motifs is 1. The molecule has 0 fully saturated rings. The Morgan fingerprint density at radius 2 is 1.97 bits per heavy atom. The largest absolute Gasteiger partial charge is 0.390 e. The van der Waals surface area contributed by atoms with Crippen LogP contribution in [0.5, 0.6) is 0 Å². The summed E-state index contributed by atoms with van der Waals surface area (Å²) in [6, 6.07) is 15.6. The van der Waals surface area contributed by atoms with Gasteiger partial charge in [-0.05, 0) is 42.8 Å². The summed E-state index contributed by atoms with van der Waals surface area (Å²) in [5, 5.41) is 18.2. The van der Waals surface area contributed by atoms with Crippen LogP contribution in [0.1, 0.15) is 37.2 Å². The Bertz CT molecular complexity index is 1170. The fraction of sp³-hybridized carbons (Fsp3) is 0.261. The van der Waals surface area contributed by atoms with Gasteiger partial charge in [0.05, 0.1) is 35.4 Å². The van der Waals surface area contributed by atoms with Crippen LogP contribution in [0.2, 0.25) is 0 Å². The standard InChI is InChI=1S/C23H26N6O/c1-3-6-18(24)20-9-5-8-19(28-20)15-11-21(25-2)17-13-26-29(22(17)12-15)23-10-4-7-16(14-30)27-23/h4-5,7-13,18,25,30H,3,6,14,24H2,1-2H3/t18-/m0/s1. The molecule has 154 valence electrons. The predicted octanol–water partition coefficient (Wildman–Crippen LogP) is 3.82. The minimum absolute atomic E-state index is 0.0709. The smallest absolute Gasteiger partial charge is 0.154 e. The molecule has 1 atom stereocenters. The van der Waals surface area contributed by atoms with Crippen LogP contribution in [0.3, 0.4) is 0 Å². The van der Waals surface area contributed by atoms with E-state index >= 15 is 0 Å². The molecule has 0 spiro atoms. The van der Waals surface area contributed by atoms with Crippen LogP contribution < -0.4 is 11.1 Å². The first-order valence-corrected chi connectivity index (χ1v) is 10.1. The van der Waals surface area contributed by atoms with E-state index in [9.17, 15) is 5.11 Å². The van der Waals surface area contributed by atoms with Gasteiger partial charge in [-0.25, -0.2) is 9.67 Å². The SMILES string of the molecule is CCC[C@H](N)c1cccc(-c2cc(NC)c3cnn(-c4cccc(CO)n4)c3c2)n1. The molecule has 0 saturated carbocycles. The number of benzene rings is 1. The van der Waals surface area contributed by atoms with Gasteiger partial charge in [0, 0.05) is 29.7 Å². The van der Waals surface area contributed by atoms with E-state index in [0.29, 0.717) is 11.5 Å². The zero-order valence-electron chi connectivity index (χ0n) is 17.2. The van der Waals surface area contributed by atoms with Crippen molar-refractivity contribution in [2.45, 2.75) is 32.4 Å². The molecule has 0 radical (unpaired) electrons. The lowest BCUT2D eigenvalue weighted by atomic mass is 10.0. The van der Waals surface area contributed by atoms with E-state index in [4.69, 9.17) is 10.7 Å². The van der Waals surface area contributed by atoms with Crippen LogP contribution in [0.4, 0.5) is 5.69 Å². The van der Waals surface area contributed by atoms with Gasteiger partial charge in [-0.2, -0.15) is 5.10 Å². The maximum atomic E-state index is 9.44. The minimum atomic E-state index is -0.116. The van der Waals surface area contributed by atoms with E-state index in [1.165, 1.54) is 0 Å². The number of aliphatic hydroxyl groups excluding tert-OH is 1. The van der Waals surface area contributed by atoms with Crippen molar-refractivity contribution >= 4 is 16.6 Å². The molecule has 0 aliphatic rings. The van der Waals surface area contributed by atoms with E-state index in [2.05, 4.69) is 34.5 Å². The van der Waals surface area contributed by atoms with E-state index in [-0.39, 0.29) is 12.6 Å². The zero-order valence-corrected chi connectivity index (χ0v) is 17.2. The third kappa shape index (κ3) is 3.77. The number of nitrogens with zero attached hydrogens (tertiary/aromatic N) is 4. The van der Waals surface area contributed by atoms with Crippen LogP contribution in [-0.4, -0.2) is 31.9 Å². The van der Waals surface area contributed by atoms with Crippen molar-refractivity contribution in [1.29, 1.82) is 0 Å². The summed E-state index contributed by atoms with van der Waals surface area (Å²) in [4.78, 5) is 9.32. The number of hydrogen-bond donors (Lipinski definition) is 3. The number of aromatic nitrogens is 4. The van der Waals surface area contributed by atoms with Gasteiger partial charge >= 0.3 is 0 Å². The van der Waals surface area contributed by atoms with Gasteiger partial charge in [0.15, 0.2) is 5.82 Å². The van der Waals surface area contributed by atoms with Crippen molar-refractivity contribution in [3.8, 4) is 17.1 Å². The number of nitrogens with two attached hydrogens (primary N) is 1. The molecule has 4 rings (SSSR count). The summed E-state index contributed by atoms with van der Waals surface area (Å²) in [5.41, 5.74) is 11.5. The maximum Gasteiger partial charge on any atom is 0.154 e. The molecule has 0 unspecified atom stereocenters. The lowest BCUT2D eigenvalue weighted by Crippen LogP contribution is -2.11. The summed E-state index contributed by atoms with van der Waals surface area (Å²) in [6.45, 7) is 2.01. The number of anilines is 1. The molecule has 0 amide bonds. The first-order valence-electron chi connectivity index (χ1n) is 10.1. The first-order chi connectivity index (χ1) is 14.6. The molecule has 1 aromatic carbocycles. The van der Waals surface area contributed by atoms with Gasteiger partial charge in [0.2, 0.25) is 0 Å². The van der Waals surface area contributed by atoms with Gasteiger partial charge < -0.3 is 16.2 Å². The van der Waals surface area contributed by atoms with Crippen LogP contribution in [0.25, 0.3) is 28.0 Å². The predicted molar refractivity (Wildman–Crippen MR) is 119 cm³/mol. The number of rotatable bonds is 7. The number of nitrogens with one attached hydrogen (secondary N) is 1. The van der Waals surface area contributed by atoms with E-state index < -0.39 is 0 Å². The summed E-state index contributed by atoms with van der Waals surface area (Å²) in [7, 11) is 1.89. The molecule has 0 aliphatic heterocycles. The van der Waals surface area contributed by atoms with Gasteiger partial charge in [0.1, 0.15) is 0 Å². The Kier molecular flexibility index (Phi) is 5.74. The average molecular weight is 403 g/mol. The molecule has 0 aliphatic carbocycles. The highest BCUT2D eigenvalue weighted by molar-refractivity contribution is 5.96. The molecule has 7 nitrogen and oxygen atoms in total. The topological polar surface area (TPSA) is 102 Å². The summed E-state index contributed by atoms with van der Waals surface area (Å²) < 4.78 is 1.78. The normalized spacial score (nSPS) is 12.3. The van der Waals surface area contributed by atoms with E-state index in [0.717, 1.165) is 46.4 Å². The van der Waals surface area contributed by atoms with Crippen molar-refractivity contribution in [3.05, 3.63) is 66.1 Å². The van der Waals surface area contributed by atoms with Crippen LogP contribution in [0, 0.1) is 0 Å². The van der Waals surface area contributed by atoms with Crippen LogP contribution in [0.15, 0.2) is 54.7 Å². The van der Waals surface area contributed by atoms with Gasteiger partial charge in [0.25, 0.3) is 0 Å². The highest BCUT2D eigenvalue weighted by Crippen LogP contribution is 2.31. The average Bonchev–Trinajstić information content (AvgIpc) is 3.23. The first kappa shape index (κ1) is 20.0. The van der Waals surface area contributed by atoms with E-state index in [1.54, 1.807) is 10.7 Å². The Balaban J connectivity index is 1.85. The third-order valence-electron chi connectivity index (χ3n) is 5.18. The highest BCUT2D eigenvalue weighted by Gasteiger charge is 2.14. The number of hydrogen-bond acceptors (Lipinski definition) is 6. The summed E-state index contributed by atoms with van der Waals surface area (Å²) in [5.74, 6) is 0.655. The maximum absolute atomic E-state index is 9.44. The monoisotopic (exact) mass is 402 g/mol. The van der Waals surface area contributed by atoms with Crippen LogP contribution >= 0.6 is 0 Å². The highest BCUT2D eigenvalue weighted by atomic mass is 16.3. The van der Waals surface area contributed by atoms with E-state index in [1.807, 2.05) is 43.6 Å². The molecule has 4 N–H and O–H groups in total. The quantitative estimate of drug-likeness (QED) is 0.434. The molecule has 30 heavy (non-hydrogen) atoms. The molecule has 0 saturated heterocycles. The van der Waals surface area contributed by atoms with Gasteiger partial charge in [-0.15, -0.1) is 0 Å². The molecular formula is C23H26N6O. The van der Waals surface area contributed by atoms with Crippen molar-refractivity contribution in [3.63, 3.8) is 0 Å². The molecule has 3 aromatic heterocycles. The lowest BCUT2D eigenvalue weighted by Gasteiger charge is -2.13. The van der Waals surface area contributed by atoms with Crippen molar-refractivity contribution in [1.82, 2.24) is 19.7 Å². The second kappa shape index (κ2) is 8.61. The number of pyridine rings is 2. The summed E-state index contributed by atoms with van der Waals surface area (Å²) in [6.07, 6.45) is 3.73. The van der Waals surface area contributed by atoms with Gasteiger partial charge in [-0.3, -0.25) is 4.98 Å². The second-order valence-electron chi connectivity index (χ2n) is 7.25. The van der Waals surface area contributed by atoms with Crippen molar-refractivity contribution in [2.75, 3.05) is 12.4 Å². The second-order valence-corrected chi connectivity index (χ2v) is 7.25. The zero-order chi connectivity index (χ0) is 21.1. The Hall–Kier alpha value is -3.29. The summed E-state index contributed by atoms with van der Waals surface area (Å²) >= 11 is 0. The van der Waals surface area contributed by atoms with Crippen molar-refractivity contribution in [2.24, 2.45) is 5.73 Å². The van der Waals surface area contributed by atoms with Crippen LogP contribution in [-0.2, 0) is 6.61 Å². The molecule has 0 bridgehead atoms. The third-order valence-corrected chi connectivity index (χ3v) is 5.18. The number of aliphatic hydroxyl groups is 1. The Labute approximate surface area is 175 Å². The van der Waals surface area contributed by atoms with Crippen molar-refractivity contribution < 1.29 is 5.11 Å². The Morgan fingerprint density at radius 1 is 1.13 bits per heavy atom. The lowest BCUT2D eigenvalue weighted by molar-refractivity contribution is 0.276. The fourth-order valence-corrected chi connectivity index (χ4v) is 3.61. The fourth-order valence-electron chi connectivity index (χ4n) is 3.61. The molecule has 4 aromatic rings. The Morgan fingerprint density at radius 3 is 2.73 bits per heavy atom. The molecular weight excluding hydrogens is 376 g/mol. The molecule has 3 heterocycles. The molecule has 7 heteroatoms. The minimum Gasteiger partial charge on any atom is -0.390 e. The van der Waals surface area contributed by atoms with Gasteiger partial charge in [-0.1, -0.05) is 25.5 Å².